The molecule has 1 heterocycles. The molecule has 1 saturated carbocycles. The first-order chi connectivity index (χ1) is 11.2. The molecule has 0 spiro atoms. The Bertz CT molecular complexity index is 792. The third kappa shape index (κ3) is 2.84. The van der Waals surface area contributed by atoms with Gasteiger partial charge in [-0.15, -0.1) is 0 Å². The number of hydrogen-bond acceptors (Lipinski definition) is 3. The lowest BCUT2D eigenvalue weighted by Crippen LogP contribution is -2.31. The van der Waals surface area contributed by atoms with Crippen LogP contribution in [0.25, 0.3) is 5.69 Å². The lowest BCUT2D eigenvalue weighted by Gasteiger charge is -2.09. The van der Waals surface area contributed by atoms with Crippen LogP contribution in [0, 0.1) is 5.41 Å². The van der Waals surface area contributed by atoms with Crippen LogP contribution in [0.5, 0.6) is 0 Å². The monoisotopic (exact) mass is 339 g/mol. The van der Waals surface area contributed by atoms with Gasteiger partial charge in [0.15, 0.2) is 0 Å². The van der Waals surface area contributed by atoms with Crippen LogP contribution in [0.4, 0.5) is 18.9 Å². The van der Waals surface area contributed by atoms with Gasteiger partial charge in [-0.3, -0.25) is 9.59 Å². The third-order valence-electron chi connectivity index (χ3n) is 3.89. The van der Waals surface area contributed by atoms with E-state index >= 15 is 0 Å². The van der Waals surface area contributed by atoms with Crippen molar-refractivity contribution in [2.75, 3.05) is 5.32 Å². The SMILES string of the molecule is O=C(O)C1(C(=O)Nc2cnn(-c3ccc(C(F)(F)F)cc3)c2)CC1. The molecule has 24 heavy (non-hydrogen) atoms. The van der Waals surface area contributed by atoms with E-state index in [4.69, 9.17) is 5.11 Å². The number of amides is 1. The number of nitrogens with zero attached hydrogens (tertiary/aromatic N) is 2. The summed E-state index contributed by atoms with van der Waals surface area (Å²) < 4.78 is 38.9. The number of benzene rings is 1. The van der Waals surface area contributed by atoms with Crippen molar-refractivity contribution < 1.29 is 27.9 Å². The Morgan fingerprint density at radius 3 is 2.33 bits per heavy atom. The number of hydrogen-bond donors (Lipinski definition) is 2. The maximum Gasteiger partial charge on any atom is 0.416 e. The highest BCUT2D eigenvalue weighted by Crippen LogP contribution is 2.46. The second kappa shape index (κ2) is 5.36. The number of carboxylic acid groups (broad SMARTS) is 1. The van der Waals surface area contributed by atoms with Crippen LogP contribution < -0.4 is 5.32 Å². The zero-order chi connectivity index (χ0) is 17.5. The fourth-order valence-corrected chi connectivity index (χ4v) is 2.25. The summed E-state index contributed by atoms with van der Waals surface area (Å²) in [6.07, 6.45) is -1.16. The number of rotatable bonds is 4. The molecule has 0 aliphatic heterocycles. The van der Waals surface area contributed by atoms with Crippen molar-refractivity contribution >= 4 is 17.6 Å². The van der Waals surface area contributed by atoms with Crippen LogP contribution in [-0.4, -0.2) is 26.8 Å². The highest BCUT2D eigenvalue weighted by molar-refractivity contribution is 6.10. The van der Waals surface area contributed by atoms with Gasteiger partial charge in [0, 0.05) is 0 Å². The molecule has 126 valence electrons. The average Bonchev–Trinajstić information content (AvgIpc) is 3.22. The van der Waals surface area contributed by atoms with Crippen molar-refractivity contribution in [2.24, 2.45) is 5.41 Å². The van der Waals surface area contributed by atoms with Gasteiger partial charge in [-0.2, -0.15) is 18.3 Å². The zero-order valence-corrected chi connectivity index (χ0v) is 12.2. The van der Waals surface area contributed by atoms with Gasteiger partial charge in [0.1, 0.15) is 5.41 Å². The first kappa shape index (κ1) is 16.0. The minimum absolute atomic E-state index is 0.271. The molecule has 1 aromatic carbocycles. The topological polar surface area (TPSA) is 84.2 Å². The van der Waals surface area contributed by atoms with E-state index in [1.807, 2.05) is 0 Å². The van der Waals surface area contributed by atoms with Crippen LogP contribution in [-0.2, 0) is 15.8 Å². The molecule has 1 aromatic heterocycles. The van der Waals surface area contributed by atoms with Gasteiger partial charge in [-0.05, 0) is 37.1 Å². The zero-order valence-electron chi connectivity index (χ0n) is 12.2. The summed E-state index contributed by atoms with van der Waals surface area (Å²) in [4.78, 5) is 23.1. The van der Waals surface area contributed by atoms with Gasteiger partial charge in [-0.1, -0.05) is 0 Å². The van der Waals surface area contributed by atoms with Crippen LogP contribution in [0.15, 0.2) is 36.7 Å². The summed E-state index contributed by atoms with van der Waals surface area (Å²) in [5.41, 5.74) is -1.50. The first-order valence-corrected chi connectivity index (χ1v) is 6.99. The number of nitrogens with one attached hydrogen (secondary N) is 1. The van der Waals surface area contributed by atoms with Gasteiger partial charge in [0.05, 0.1) is 29.3 Å². The minimum Gasteiger partial charge on any atom is -0.480 e. The Balaban J connectivity index is 1.74. The highest BCUT2D eigenvalue weighted by atomic mass is 19.4. The van der Waals surface area contributed by atoms with E-state index in [1.54, 1.807) is 0 Å². The molecule has 2 N–H and O–H groups in total. The smallest absolute Gasteiger partial charge is 0.416 e. The lowest BCUT2D eigenvalue weighted by atomic mass is 10.1. The van der Waals surface area contributed by atoms with Crippen molar-refractivity contribution in [2.45, 2.75) is 19.0 Å². The largest absolute Gasteiger partial charge is 0.480 e. The van der Waals surface area contributed by atoms with E-state index in [0.717, 1.165) is 12.1 Å². The second-order valence-electron chi connectivity index (χ2n) is 5.56. The summed E-state index contributed by atoms with van der Waals surface area (Å²) in [5, 5.41) is 15.5. The fourth-order valence-electron chi connectivity index (χ4n) is 2.25. The molecule has 0 bridgehead atoms. The molecule has 1 amide bonds. The standard InChI is InChI=1S/C15H12F3N3O3/c16-15(17,18)9-1-3-11(4-2-9)21-8-10(7-19-21)20-12(22)14(5-6-14)13(23)24/h1-4,7-8H,5-6H2,(H,20,22)(H,23,24). The number of halogens is 3. The number of carboxylic acids is 1. The van der Waals surface area contributed by atoms with E-state index in [9.17, 15) is 22.8 Å². The van der Waals surface area contributed by atoms with Crippen LogP contribution >= 0.6 is 0 Å². The van der Waals surface area contributed by atoms with Crippen molar-refractivity contribution in [1.82, 2.24) is 9.78 Å². The molecule has 0 radical (unpaired) electrons. The second-order valence-corrected chi connectivity index (χ2v) is 5.56. The summed E-state index contributed by atoms with van der Waals surface area (Å²) in [6, 6.07) is 4.36. The molecule has 0 saturated heterocycles. The Hall–Kier alpha value is -2.84. The van der Waals surface area contributed by atoms with Crippen LogP contribution in [0.2, 0.25) is 0 Å². The highest BCUT2D eigenvalue weighted by Gasteiger charge is 2.57. The van der Waals surface area contributed by atoms with E-state index in [2.05, 4.69) is 10.4 Å². The van der Waals surface area contributed by atoms with Gasteiger partial charge >= 0.3 is 12.1 Å². The molecule has 0 atom stereocenters. The molecule has 2 aromatic rings. The Labute approximate surface area is 133 Å². The number of alkyl halides is 3. The molecule has 6 nitrogen and oxygen atoms in total. The normalized spacial score (nSPS) is 15.8. The molecule has 9 heteroatoms. The fraction of sp³-hybridized carbons (Fsp3) is 0.267. The van der Waals surface area contributed by atoms with Crippen molar-refractivity contribution in [3.63, 3.8) is 0 Å². The average molecular weight is 339 g/mol. The summed E-state index contributed by atoms with van der Waals surface area (Å²) >= 11 is 0. The van der Waals surface area contributed by atoms with Gasteiger partial charge < -0.3 is 10.4 Å². The van der Waals surface area contributed by atoms with Crippen LogP contribution in [0.1, 0.15) is 18.4 Å². The van der Waals surface area contributed by atoms with E-state index in [-0.39, 0.29) is 18.5 Å². The molecule has 0 unspecified atom stereocenters. The number of carbonyl (C=O) groups is 2. The quantitative estimate of drug-likeness (QED) is 0.839. The molecule has 1 fully saturated rings. The Morgan fingerprint density at radius 2 is 1.83 bits per heavy atom. The van der Waals surface area contributed by atoms with Crippen molar-refractivity contribution in [3.8, 4) is 5.69 Å². The van der Waals surface area contributed by atoms with E-state index < -0.39 is 29.0 Å². The molecular formula is C15H12F3N3O3. The van der Waals surface area contributed by atoms with Gasteiger partial charge in [0.2, 0.25) is 5.91 Å². The predicted octanol–water partition coefficient (Wildman–Crippen LogP) is 2.69. The first-order valence-electron chi connectivity index (χ1n) is 6.99. The molecule has 1 aliphatic rings. The van der Waals surface area contributed by atoms with Gasteiger partial charge in [0.25, 0.3) is 0 Å². The number of anilines is 1. The maximum atomic E-state index is 12.5. The van der Waals surface area contributed by atoms with Gasteiger partial charge in [-0.25, -0.2) is 4.68 Å². The Morgan fingerprint density at radius 1 is 1.21 bits per heavy atom. The van der Waals surface area contributed by atoms with Crippen molar-refractivity contribution in [1.29, 1.82) is 0 Å². The van der Waals surface area contributed by atoms with Crippen LogP contribution in [0.3, 0.4) is 0 Å². The summed E-state index contributed by atoms with van der Waals surface area (Å²) in [5.74, 6) is -1.79. The molecular weight excluding hydrogens is 327 g/mol. The lowest BCUT2D eigenvalue weighted by molar-refractivity contribution is -0.147. The number of aromatic nitrogens is 2. The Kier molecular flexibility index (Phi) is 3.58. The number of carbonyl (C=O) groups excluding carboxylic acids is 1. The van der Waals surface area contributed by atoms with Crippen molar-refractivity contribution in [3.05, 3.63) is 42.2 Å². The minimum atomic E-state index is -4.42. The number of aliphatic carboxylic acids is 1. The molecule has 1 aliphatic carbocycles. The maximum absolute atomic E-state index is 12.5. The van der Waals surface area contributed by atoms with E-state index in [0.29, 0.717) is 5.69 Å². The summed E-state index contributed by atoms with van der Waals surface area (Å²) in [7, 11) is 0. The molecule has 3 rings (SSSR count). The third-order valence-corrected chi connectivity index (χ3v) is 3.89. The van der Waals surface area contributed by atoms with E-state index in [1.165, 1.54) is 29.2 Å². The summed E-state index contributed by atoms with van der Waals surface area (Å²) in [6.45, 7) is 0. The predicted molar refractivity (Wildman–Crippen MR) is 76.5 cm³/mol.